The molecule has 0 spiro atoms. The average Bonchev–Trinajstić information content (AvgIpc) is 2.89. The largest absolute Gasteiger partial charge is 0.444 e. The molecule has 8 nitrogen and oxygen atoms in total. The van der Waals surface area contributed by atoms with Crippen molar-refractivity contribution in [3.05, 3.63) is 94.5 Å². The van der Waals surface area contributed by atoms with Crippen LogP contribution in [0.15, 0.2) is 82.6 Å². The van der Waals surface area contributed by atoms with E-state index in [-0.39, 0.29) is 34.4 Å². The summed E-state index contributed by atoms with van der Waals surface area (Å²) in [6.07, 6.45) is -1.15. The number of nitrogens with one attached hydrogen (secondary N) is 1. The fraction of sp³-hybridized carbons (Fsp3) is 0.310. The molecule has 39 heavy (non-hydrogen) atoms. The number of carbonyl (C=O) groups excluding carboxylic acids is 2. The van der Waals surface area contributed by atoms with Gasteiger partial charge in [0.2, 0.25) is 9.84 Å². The van der Waals surface area contributed by atoms with Crippen LogP contribution in [-0.4, -0.2) is 56.2 Å². The number of halogens is 1. The molecule has 0 bridgehead atoms. The smallest absolute Gasteiger partial charge is 0.410 e. The van der Waals surface area contributed by atoms with Gasteiger partial charge in [-0.1, -0.05) is 41.9 Å². The van der Waals surface area contributed by atoms with Gasteiger partial charge < -0.3 is 20.1 Å². The van der Waals surface area contributed by atoms with Crippen LogP contribution >= 0.6 is 11.6 Å². The minimum atomic E-state index is -3.84. The Balaban J connectivity index is 1.76. The molecule has 2 N–H and O–H groups in total. The summed E-state index contributed by atoms with van der Waals surface area (Å²) >= 11 is 6.05. The molecule has 0 aliphatic carbocycles. The number of nitrogens with zero attached hydrogens (tertiary/aromatic N) is 1. The lowest BCUT2D eigenvalue weighted by Gasteiger charge is -2.29. The third-order valence-corrected chi connectivity index (χ3v) is 7.82. The molecule has 0 radical (unpaired) electrons. The van der Waals surface area contributed by atoms with E-state index in [9.17, 15) is 23.1 Å². The maximum absolute atomic E-state index is 13.1. The monoisotopic (exact) mass is 572 g/mol. The Labute approximate surface area is 234 Å². The molecule has 1 unspecified atom stereocenters. The van der Waals surface area contributed by atoms with E-state index in [0.717, 1.165) is 5.56 Å². The van der Waals surface area contributed by atoms with E-state index in [1.165, 1.54) is 42.3 Å². The standard InChI is InChI=1S/C29H33ClN2O6S/c1-29(2,3)38-28(35)32(19-26(33)21-7-5-9-23(30)17-21)16-15-20-11-13-24(14-12-20)39(36,37)25-10-6-8-22(18-25)27(34)31-4/h5-14,17-18,26,33H,15-16,19H2,1-4H3,(H,31,34). The van der Waals surface area contributed by atoms with Crippen molar-refractivity contribution in [2.24, 2.45) is 0 Å². The van der Waals surface area contributed by atoms with Crippen molar-refractivity contribution in [2.75, 3.05) is 20.1 Å². The molecule has 0 fully saturated rings. The predicted octanol–water partition coefficient (Wildman–Crippen LogP) is 5.05. The first kappa shape index (κ1) is 30.1. The van der Waals surface area contributed by atoms with Crippen LogP contribution in [0, 0.1) is 0 Å². The van der Waals surface area contributed by atoms with Crippen LogP contribution in [0.3, 0.4) is 0 Å². The van der Waals surface area contributed by atoms with Gasteiger partial charge in [-0.15, -0.1) is 0 Å². The van der Waals surface area contributed by atoms with Crippen LogP contribution in [-0.2, 0) is 21.0 Å². The van der Waals surface area contributed by atoms with Gasteiger partial charge in [0.05, 0.1) is 22.4 Å². The Bertz CT molecular complexity index is 1420. The summed E-state index contributed by atoms with van der Waals surface area (Å²) in [5.74, 6) is -0.377. The van der Waals surface area contributed by atoms with Gasteiger partial charge in [0.15, 0.2) is 0 Å². The molecule has 10 heteroatoms. The summed E-state index contributed by atoms with van der Waals surface area (Å²) in [7, 11) is -2.37. The van der Waals surface area contributed by atoms with Gasteiger partial charge in [0, 0.05) is 24.2 Å². The number of aliphatic hydroxyl groups excluding tert-OH is 1. The van der Waals surface area contributed by atoms with Crippen molar-refractivity contribution in [1.29, 1.82) is 0 Å². The normalized spacial score (nSPS) is 12.5. The summed E-state index contributed by atoms with van der Waals surface area (Å²) in [5, 5.41) is 13.7. The molecule has 0 saturated carbocycles. The lowest BCUT2D eigenvalue weighted by Crippen LogP contribution is -2.40. The third kappa shape index (κ3) is 8.29. The molecule has 0 aliphatic rings. The second-order valence-electron chi connectivity index (χ2n) is 10.0. The Kier molecular flexibility index (Phi) is 9.77. The summed E-state index contributed by atoms with van der Waals surface area (Å²) in [4.78, 5) is 26.4. The van der Waals surface area contributed by atoms with Crippen molar-refractivity contribution in [3.8, 4) is 0 Å². The highest BCUT2D eigenvalue weighted by molar-refractivity contribution is 7.91. The number of carbonyl (C=O) groups is 2. The van der Waals surface area contributed by atoms with Gasteiger partial charge in [0.1, 0.15) is 5.60 Å². The van der Waals surface area contributed by atoms with Gasteiger partial charge in [0.25, 0.3) is 5.91 Å². The number of hydrogen-bond donors (Lipinski definition) is 2. The number of aliphatic hydroxyl groups is 1. The number of rotatable bonds is 9. The number of amides is 2. The summed E-state index contributed by atoms with van der Waals surface area (Å²) < 4.78 is 31.8. The van der Waals surface area contributed by atoms with E-state index in [2.05, 4.69) is 5.32 Å². The Hall–Kier alpha value is -3.40. The van der Waals surface area contributed by atoms with Crippen LogP contribution in [0.2, 0.25) is 5.02 Å². The zero-order chi connectivity index (χ0) is 28.8. The van der Waals surface area contributed by atoms with E-state index in [0.29, 0.717) is 17.0 Å². The number of ether oxygens (including phenoxy) is 1. The second-order valence-corrected chi connectivity index (χ2v) is 12.4. The van der Waals surface area contributed by atoms with Gasteiger partial charge in [-0.05, 0) is 80.8 Å². The fourth-order valence-corrected chi connectivity index (χ4v) is 5.30. The van der Waals surface area contributed by atoms with Gasteiger partial charge >= 0.3 is 6.09 Å². The van der Waals surface area contributed by atoms with E-state index in [1.807, 2.05) is 0 Å². The van der Waals surface area contributed by atoms with Crippen molar-refractivity contribution < 1.29 is 27.9 Å². The minimum Gasteiger partial charge on any atom is -0.444 e. The molecule has 0 aromatic heterocycles. The van der Waals surface area contributed by atoms with E-state index >= 15 is 0 Å². The summed E-state index contributed by atoms with van der Waals surface area (Å²) in [6.45, 7) is 5.51. The first-order valence-electron chi connectivity index (χ1n) is 12.4. The Morgan fingerprint density at radius 3 is 2.28 bits per heavy atom. The molecule has 0 heterocycles. The molecule has 1 atom stereocenters. The third-order valence-electron chi connectivity index (χ3n) is 5.82. The second kappa shape index (κ2) is 12.6. The van der Waals surface area contributed by atoms with Crippen LogP contribution in [0.4, 0.5) is 4.79 Å². The Morgan fingerprint density at radius 2 is 1.67 bits per heavy atom. The van der Waals surface area contributed by atoms with Crippen LogP contribution < -0.4 is 5.32 Å². The summed E-state index contributed by atoms with van der Waals surface area (Å²) in [5.41, 5.74) is 0.893. The van der Waals surface area contributed by atoms with Crippen molar-refractivity contribution >= 4 is 33.4 Å². The lowest BCUT2D eigenvalue weighted by atomic mass is 10.1. The number of sulfone groups is 1. The molecule has 3 rings (SSSR count). The van der Waals surface area contributed by atoms with Gasteiger partial charge in [-0.3, -0.25) is 4.79 Å². The molecular formula is C29H33ClN2O6S. The molecule has 0 saturated heterocycles. The van der Waals surface area contributed by atoms with Gasteiger partial charge in [-0.25, -0.2) is 13.2 Å². The molecule has 3 aromatic rings. The first-order chi connectivity index (χ1) is 18.3. The lowest BCUT2D eigenvalue weighted by molar-refractivity contribution is 0.0147. The highest BCUT2D eigenvalue weighted by Crippen LogP contribution is 2.23. The quantitative estimate of drug-likeness (QED) is 0.371. The van der Waals surface area contributed by atoms with Crippen LogP contribution in [0.25, 0.3) is 0 Å². The van der Waals surface area contributed by atoms with E-state index < -0.39 is 27.6 Å². The predicted molar refractivity (Wildman–Crippen MR) is 150 cm³/mol. The molecule has 0 aliphatic heterocycles. The fourth-order valence-electron chi connectivity index (χ4n) is 3.80. The Morgan fingerprint density at radius 1 is 1.00 bits per heavy atom. The first-order valence-corrected chi connectivity index (χ1v) is 14.2. The molecule has 208 valence electrons. The zero-order valence-electron chi connectivity index (χ0n) is 22.3. The molecule has 3 aromatic carbocycles. The maximum Gasteiger partial charge on any atom is 0.410 e. The topological polar surface area (TPSA) is 113 Å². The number of benzene rings is 3. The van der Waals surface area contributed by atoms with Gasteiger partial charge in [-0.2, -0.15) is 0 Å². The van der Waals surface area contributed by atoms with E-state index in [4.69, 9.17) is 16.3 Å². The molecular weight excluding hydrogens is 540 g/mol. The molecule has 2 amide bonds. The van der Waals surface area contributed by atoms with Crippen molar-refractivity contribution in [3.63, 3.8) is 0 Å². The summed E-state index contributed by atoms with van der Waals surface area (Å²) in [6, 6.07) is 19.0. The van der Waals surface area contributed by atoms with Crippen molar-refractivity contribution in [1.82, 2.24) is 10.2 Å². The number of hydrogen-bond acceptors (Lipinski definition) is 6. The van der Waals surface area contributed by atoms with E-state index in [1.54, 1.807) is 63.2 Å². The maximum atomic E-state index is 13.1. The highest BCUT2D eigenvalue weighted by atomic mass is 35.5. The average molecular weight is 573 g/mol. The van der Waals surface area contributed by atoms with Crippen molar-refractivity contribution in [2.45, 2.75) is 48.7 Å². The zero-order valence-corrected chi connectivity index (χ0v) is 23.9. The van der Waals surface area contributed by atoms with Crippen LogP contribution in [0.1, 0.15) is 48.4 Å². The SMILES string of the molecule is CNC(=O)c1cccc(S(=O)(=O)c2ccc(CCN(CC(O)c3cccc(Cl)c3)C(=O)OC(C)(C)C)cc2)c1. The highest BCUT2D eigenvalue weighted by Gasteiger charge is 2.25. The van der Waals surface area contributed by atoms with Crippen LogP contribution in [0.5, 0.6) is 0 Å². The minimum absolute atomic E-state index is 0.0105.